The van der Waals surface area contributed by atoms with Gasteiger partial charge in [0.05, 0.1) is 17.5 Å². The average Bonchev–Trinajstić information content (AvgIpc) is 3.12. The molecule has 2 heterocycles. The number of anilines is 1. The second kappa shape index (κ2) is 6.02. The Bertz CT molecular complexity index is 804. The van der Waals surface area contributed by atoms with Gasteiger partial charge in [-0.2, -0.15) is 0 Å². The van der Waals surface area contributed by atoms with Crippen LogP contribution >= 0.6 is 0 Å². The van der Waals surface area contributed by atoms with Gasteiger partial charge in [0.25, 0.3) is 0 Å². The Balaban J connectivity index is 2.06. The second-order valence-corrected chi connectivity index (χ2v) is 7.87. The maximum Gasteiger partial charge on any atom is 0.210 e. The molecule has 2 aromatic rings. The molecule has 23 heavy (non-hydrogen) atoms. The summed E-state index contributed by atoms with van der Waals surface area (Å²) in [6.45, 7) is 5.08. The van der Waals surface area contributed by atoms with E-state index in [1.165, 1.54) is 0 Å². The van der Waals surface area contributed by atoms with E-state index in [0.717, 1.165) is 25.1 Å². The van der Waals surface area contributed by atoms with Gasteiger partial charge in [-0.1, -0.05) is 18.2 Å². The van der Waals surface area contributed by atoms with Crippen LogP contribution in [0.25, 0.3) is 0 Å². The Labute approximate surface area is 137 Å². The highest BCUT2D eigenvalue weighted by Crippen LogP contribution is 2.34. The molecule has 3 rings (SSSR count). The minimum absolute atomic E-state index is 0.107. The van der Waals surface area contributed by atoms with Crippen molar-refractivity contribution >= 4 is 15.7 Å². The molecule has 0 bridgehead atoms. The zero-order valence-electron chi connectivity index (χ0n) is 13.5. The quantitative estimate of drug-likeness (QED) is 0.933. The number of sulfone groups is 1. The van der Waals surface area contributed by atoms with Crippen molar-refractivity contribution in [2.24, 2.45) is 0 Å². The van der Waals surface area contributed by atoms with Crippen LogP contribution in [-0.2, 0) is 21.1 Å². The monoisotopic (exact) mass is 334 g/mol. The van der Waals surface area contributed by atoms with Gasteiger partial charge in [-0.15, -0.1) is 0 Å². The van der Waals surface area contributed by atoms with Crippen molar-refractivity contribution in [3.8, 4) is 0 Å². The van der Waals surface area contributed by atoms with Gasteiger partial charge in [-0.25, -0.2) is 8.42 Å². The van der Waals surface area contributed by atoms with Gasteiger partial charge in [0, 0.05) is 12.3 Å². The number of benzene rings is 1. The normalized spacial score (nSPS) is 18.4. The van der Waals surface area contributed by atoms with Crippen molar-refractivity contribution < 1.29 is 13.2 Å². The van der Waals surface area contributed by atoms with Crippen molar-refractivity contribution in [2.75, 3.05) is 12.3 Å². The van der Waals surface area contributed by atoms with E-state index in [1.807, 2.05) is 18.4 Å². The van der Waals surface area contributed by atoms with Crippen LogP contribution in [0.5, 0.6) is 0 Å². The van der Waals surface area contributed by atoms with E-state index in [2.05, 4.69) is 0 Å². The van der Waals surface area contributed by atoms with Crippen LogP contribution in [0.1, 0.15) is 24.1 Å². The average molecular weight is 334 g/mol. The lowest BCUT2D eigenvalue weighted by atomic mass is 10.2. The van der Waals surface area contributed by atoms with E-state index in [4.69, 9.17) is 10.5 Å². The topological polar surface area (TPSA) is 74.3 Å². The van der Waals surface area contributed by atoms with Gasteiger partial charge in [0.1, 0.15) is 10.7 Å². The van der Waals surface area contributed by atoms with Crippen molar-refractivity contribution in [3.63, 3.8) is 0 Å². The third kappa shape index (κ3) is 2.77. The summed E-state index contributed by atoms with van der Waals surface area (Å²) in [5, 5.41) is 0. The maximum absolute atomic E-state index is 13.0. The molecule has 2 N–H and O–H groups in total. The third-order valence-corrected chi connectivity index (χ3v) is 6.49. The van der Waals surface area contributed by atoms with Gasteiger partial charge in [0.15, 0.2) is 0 Å². The molecule has 5 nitrogen and oxygen atoms in total. The molecule has 1 fully saturated rings. The number of nitrogens with zero attached hydrogens (tertiary/aromatic N) is 1. The number of ether oxygens (including phenoxy) is 1. The Morgan fingerprint density at radius 3 is 2.57 bits per heavy atom. The summed E-state index contributed by atoms with van der Waals surface area (Å²) >= 11 is 0. The van der Waals surface area contributed by atoms with Gasteiger partial charge < -0.3 is 15.0 Å². The van der Waals surface area contributed by atoms with Crippen LogP contribution in [0.3, 0.4) is 0 Å². The molecule has 1 saturated heterocycles. The molecule has 1 unspecified atom stereocenters. The summed E-state index contributed by atoms with van der Waals surface area (Å²) < 4.78 is 33.4. The lowest BCUT2D eigenvalue weighted by Gasteiger charge is -2.14. The maximum atomic E-state index is 13.0. The van der Waals surface area contributed by atoms with E-state index in [9.17, 15) is 8.42 Å². The lowest BCUT2D eigenvalue weighted by molar-refractivity contribution is 0.0970. The molecular formula is C17H22N2O3S. The van der Waals surface area contributed by atoms with E-state index >= 15 is 0 Å². The molecule has 1 aromatic carbocycles. The summed E-state index contributed by atoms with van der Waals surface area (Å²) in [6.07, 6.45) is 2.13. The Morgan fingerprint density at radius 2 is 1.96 bits per heavy atom. The summed E-state index contributed by atoms with van der Waals surface area (Å²) in [5.41, 5.74) is 7.83. The number of hydrogen-bond donors (Lipinski definition) is 1. The van der Waals surface area contributed by atoms with Crippen molar-refractivity contribution in [3.05, 3.63) is 41.6 Å². The predicted molar refractivity (Wildman–Crippen MR) is 89.2 cm³/mol. The van der Waals surface area contributed by atoms with E-state index in [-0.39, 0.29) is 15.9 Å². The Morgan fingerprint density at radius 1 is 1.26 bits per heavy atom. The molecule has 1 aliphatic heterocycles. The Kier molecular flexibility index (Phi) is 4.21. The number of rotatable bonds is 4. The van der Waals surface area contributed by atoms with Gasteiger partial charge >= 0.3 is 0 Å². The minimum Gasteiger partial charge on any atom is -0.384 e. The highest BCUT2D eigenvalue weighted by Gasteiger charge is 2.29. The first kappa shape index (κ1) is 16.1. The van der Waals surface area contributed by atoms with E-state index in [1.54, 1.807) is 30.3 Å². The zero-order chi connectivity index (χ0) is 16.6. The molecular weight excluding hydrogens is 312 g/mol. The molecule has 1 atom stereocenters. The minimum atomic E-state index is -3.62. The van der Waals surface area contributed by atoms with E-state index < -0.39 is 9.84 Å². The number of nitrogen functional groups attached to an aromatic ring is 1. The predicted octanol–water partition coefficient (Wildman–Crippen LogP) is 2.70. The Hall–Kier alpha value is -1.79. The van der Waals surface area contributed by atoms with Crippen LogP contribution in [0.2, 0.25) is 0 Å². The van der Waals surface area contributed by atoms with Crippen LogP contribution < -0.4 is 5.73 Å². The second-order valence-electron chi connectivity index (χ2n) is 5.99. The van der Waals surface area contributed by atoms with Crippen LogP contribution in [-0.4, -0.2) is 25.7 Å². The van der Waals surface area contributed by atoms with Crippen LogP contribution in [0.4, 0.5) is 5.82 Å². The number of nitrogens with two attached hydrogens (primary N) is 1. The summed E-state index contributed by atoms with van der Waals surface area (Å²) in [5.74, 6) is 0.305. The van der Waals surface area contributed by atoms with E-state index in [0.29, 0.717) is 17.9 Å². The first-order chi connectivity index (χ1) is 10.9. The molecule has 1 aromatic heterocycles. The molecule has 124 valence electrons. The van der Waals surface area contributed by atoms with Crippen LogP contribution in [0.15, 0.2) is 40.1 Å². The van der Waals surface area contributed by atoms with Gasteiger partial charge in [0.2, 0.25) is 9.84 Å². The molecule has 0 saturated carbocycles. The lowest BCUT2D eigenvalue weighted by Crippen LogP contribution is -2.18. The number of hydrogen-bond acceptors (Lipinski definition) is 4. The smallest absolute Gasteiger partial charge is 0.210 e. The summed E-state index contributed by atoms with van der Waals surface area (Å²) in [7, 11) is -3.62. The fourth-order valence-electron chi connectivity index (χ4n) is 3.15. The van der Waals surface area contributed by atoms with Crippen LogP contribution in [0, 0.1) is 13.8 Å². The van der Waals surface area contributed by atoms with Crippen molar-refractivity contribution in [2.45, 2.75) is 49.1 Å². The number of aromatic nitrogens is 1. The fourth-order valence-corrected chi connectivity index (χ4v) is 4.83. The van der Waals surface area contributed by atoms with Crippen molar-refractivity contribution in [1.29, 1.82) is 0 Å². The summed E-state index contributed by atoms with van der Waals surface area (Å²) in [4.78, 5) is 0.489. The largest absolute Gasteiger partial charge is 0.384 e. The standard InChI is InChI=1S/C17H22N2O3S/c1-12-13(2)19(11-14-7-6-10-22-14)17(18)16(12)23(20,21)15-8-4-3-5-9-15/h3-5,8-9,14H,6-7,10-11,18H2,1-2H3. The first-order valence-corrected chi connectivity index (χ1v) is 9.28. The highest BCUT2D eigenvalue weighted by atomic mass is 32.2. The summed E-state index contributed by atoms with van der Waals surface area (Å²) in [6, 6.07) is 8.42. The molecule has 0 aliphatic carbocycles. The SMILES string of the molecule is Cc1c(S(=O)(=O)c2ccccc2)c(N)n(CC2CCCO2)c1C. The molecule has 1 aliphatic rings. The highest BCUT2D eigenvalue weighted by molar-refractivity contribution is 7.91. The molecule has 0 spiro atoms. The third-order valence-electron chi connectivity index (χ3n) is 4.54. The fraction of sp³-hybridized carbons (Fsp3) is 0.412. The zero-order valence-corrected chi connectivity index (χ0v) is 14.3. The van der Waals surface area contributed by atoms with Crippen molar-refractivity contribution in [1.82, 2.24) is 4.57 Å². The van der Waals surface area contributed by atoms with Gasteiger partial charge in [-0.05, 0) is 44.4 Å². The first-order valence-electron chi connectivity index (χ1n) is 7.80. The molecule has 0 amide bonds. The molecule has 6 heteroatoms. The van der Waals surface area contributed by atoms with Gasteiger partial charge in [-0.3, -0.25) is 0 Å². The molecule has 0 radical (unpaired) electrons.